The molecule has 4 rings (SSSR count). The van der Waals surface area contributed by atoms with E-state index < -0.39 is 48.6 Å². The number of thiazole rings is 1. The Kier molecular flexibility index (Phi) is 10.4. The second-order valence-electron chi connectivity index (χ2n) is 8.10. The number of carboxylic acid groups (broad SMARTS) is 1. The summed E-state index contributed by atoms with van der Waals surface area (Å²) in [6, 6.07) is 0.669. The summed E-state index contributed by atoms with van der Waals surface area (Å²) in [5.41, 5.74) is 11.1. The minimum absolute atomic E-state index is 0.0857. The van der Waals surface area contributed by atoms with Gasteiger partial charge in [0.2, 0.25) is 6.41 Å². The van der Waals surface area contributed by atoms with Gasteiger partial charge in [0.05, 0.1) is 6.17 Å². The molecule has 0 aromatic carbocycles. The van der Waals surface area contributed by atoms with Gasteiger partial charge in [0.15, 0.2) is 10.8 Å². The highest BCUT2D eigenvalue weighted by atomic mass is 32.2. The monoisotopic (exact) mass is 642 g/mol. The Bertz CT molecular complexity index is 1390. The molecule has 2 aromatic rings. The Morgan fingerprint density at radius 3 is 2.90 bits per heavy atom. The number of aliphatic carboxylic acids is 1. The lowest BCUT2D eigenvalue weighted by molar-refractivity contribution is -0.150. The van der Waals surface area contributed by atoms with E-state index in [1.807, 2.05) is 0 Å². The number of thioether (sulfide) groups is 3. The summed E-state index contributed by atoms with van der Waals surface area (Å²) >= 11 is 4.86. The summed E-state index contributed by atoms with van der Waals surface area (Å²) in [6.07, 6.45) is 3.08. The molecule has 0 bridgehead atoms. The molecule has 2 aliphatic heterocycles. The van der Waals surface area contributed by atoms with Crippen molar-refractivity contribution in [2.24, 2.45) is 10.9 Å². The molecular weight excluding hydrogens is 620 g/mol. The van der Waals surface area contributed by atoms with Gasteiger partial charge in [-0.1, -0.05) is 16.9 Å². The number of β-lactam (4-membered cyclic amide) rings is 1. The summed E-state index contributed by atoms with van der Waals surface area (Å²) < 4.78 is 12.5. The molecule has 19 heteroatoms. The van der Waals surface area contributed by atoms with E-state index in [9.17, 15) is 28.7 Å². The lowest BCUT2D eigenvalue weighted by Crippen LogP contribution is -2.71. The van der Waals surface area contributed by atoms with Gasteiger partial charge in [-0.3, -0.25) is 24.3 Å². The van der Waals surface area contributed by atoms with E-state index >= 15 is 0 Å². The molecule has 1 unspecified atom stereocenters. The van der Waals surface area contributed by atoms with Crippen LogP contribution < -0.4 is 22.1 Å². The van der Waals surface area contributed by atoms with Crippen LogP contribution in [0, 0.1) is 0 Å². The van der Waals surface area contributed by atoms with Crippen LogP contribution in [0.1, 0.15) is 5.69 Å². The van der Waals surface area contributed by atoms with Crippen LogP contribution in [0.25, 0.3) is 0 Å². The molecule has 7 N–H and O–H groups in total. The number of amides is 3. The normalized spacial score (nSPS) is 19.2. The number of oxime groups is 1. The van der Waals surface area contributed by atoms with Crippen LogP contribution in [0.4, 0.5) is 9.52 Å². The van der Waals surface area contributed by atoms with Gasteiger partial charge in [-0.15, -0.1) is 34.9 Å². The lowest BCUT2D eigenvalue weighted by atomic mass is 10.0. The fourth-order valence-electron chi connectivity index (χ4n) is 3.63. The lowest BCUT2D eigenvalue weighted by Gasteiger charge is -2.49. The molecular formula is C22H23FN8O6S4. The smallest absolute Gasteiger partial charge is 0.353 e. The van der Waals surface area contributed by atoms with Gasteiger partial charge in [-0.25, -0.2) is 14.2 Å². The van der Waals surface area contributed by atoms with E-state index in [0.29, 0.717) is 22.0 Å². The number of pyridine rings is 1. The number of nitrogens with two attached hydrogens (primary N) is 2. The van der Waals surface area contributed by atoms with Crippen LogP contribution in [0.2, 0.25) is 0 Å². The zero-order chi connectivity index (χ0) is 29.5. The second-order valence-corrected chi connectivity index (χ2v) is 12.3. The van der Waals surface area contributed by atoms with Gasteiger partial charge in [-0.2, -0.15) is 0 Å². The average molecular weight is 643 g/mol. The molecule has 1 saturated heterocycles. The van der Waals surface area contributed by atoms with Gasteiger partial charge < -0.3 is 32.0 Å². The van der Waals surface area contributed by atoms with Crippen LogP contribution in [-0.2, 0) is 24.0 Å². The van der Waals surface area contributed by atoms with Crippen LogP contribution in [-0.4, -0.2) is 92.2 Å². The Morgan fingerprint density at radius 1 is 1.41 bits per heavy atom. The van der Waals surface area contributed by atoms with E-state index in [4.69, 9.17) is 16.3 Å². The molecule has 4 heterocycles. The van der Waals surface area contributed by atoms with Crippen molar-refractivity contribution in [1.29, 1.82) is 0 Å². The minimum atomic E-state index is -1.30. The molecule has 2 aromatic heterocycles. The number of carbonyl (C=O) groups is 4. The van der Waals surface area contributed by atoms with Crippen molar-refractivity contribution < 1.29 is 33.5 Å². The summed E-state index contributed by atoms with van der Waals surface area (Å²) in [6.45, 7) is -1.22. The number of carbonyl (C=O) groups excluding carboxylic acids is 3. The number of hydrogen-bond acceptors (Lipinski definition) is 14. The molecule has 0 saturated carbocycles. The number of fused-ring (bicyclic) bond motifs is 1. The zero-order valence-electron chi connectivity index (χ0n) is 20.9. The predicted molar refractivity (Wildman–Crippen MR) is 153 cm³/mol. The Morgan fingerprint density at radius 2 is 2.22 bits per heavy atom. The Balaban J connectivity index is 1.51. The van der Waals surface area contributed by atoms with Crippen molar-refractivity contribution in [3.63, 3.8) is 0 Å². The van der Waals surface area contributed by atoms with Crippen LogP contribution >= 0.6 is 46.6 Å². The predicted octanol–water partition coefficient (Wildman–Crippen LogP) is 0.422. The first-order chi connectivity index (χ1) is 19.7. The molecule has 0 aliphatic carbocycles. The zero-order valence-corrected chi connectivity index (χ0v) is 24.2. The van der Waals surface area contributed by atoms with Crippen molar-refractivity contribution in [2.45, 2.75) is 27.4 Å². The van der Waals surface area contributed by atoms with Gasteiger partial charge >= 0.3 is 5.97 Å². The fourth-order valence-corrected chi connectivity index (χ4v) is 7.75. The minimum Gasteiger partial charge on any atom is -0.477 e. The number of aromatic nitrogens is 2. The van der Waals surface area contributed by atoms with Crippen molar-refractivity contribution in [3.8, 4) is 0 Å². The molecule has 0 spiro atoms. The van der Waals surface area contributed by atoms with Gasteiger partial charge in [-0.05, 0) is 6.07 Å². The van der Waals surface area contributed by atoms with E-state index in [1.54, 1.807) is 18.5 Å². The SMILES string of the molecule is Nc1nc(/C(=N/OCCF)C(=O)N[C@@H]2C(=O)N3C(C(=O)O)=C(Sc4ccncc4SCC(N)NC=O)CS[C@@H]23)cs1. The third kappa shape index (κ3) is 7.10. The maximum atomic E-state index is 13.1. The highest BCUT2D eigenvalue weighted by molar-refractivity contribution is 8.07. The van der Waals surface area contributed by atoms with Crippen molar-refractivity contribution in [1.82, 2.24) is 25.5 Å². The summed E-state index contributed by atoms with van der Waals surface area (Å²) in [5.74, 6) is -2.13. The van der Waals surface area contributed by atoms with E-state index in [2.05, 4.69) is 25.8 Å². The first-order valence-electron chi connectivity index (χ1n) is 11.6. The molecule has 0 radical (unpaired) electrons. The first-order valence-corrected chi connectivity index (χ1v) is 15.4. The van der Waals surface area contributed by atoms with Crippen LogP contribution in [0.5, 0.6) is 0 Å². The number of rotatable bonds is 14. The molecule has 2 aliphatic rings. The average Bonchev–Trinajstić information content (AvgIpc) is 3.38. The maximum absolute atomic E-state index is 13.1. The number of nitrogen functional groups attached to an aromatic ring is 1. The molecule has 1 fully saturated rings. The van der Waals surface area contributed by atoms with E-state index in [0.717, 1.165) is 21.1 Å². The van der Waals surface area contributed by atoms with Crippen molar-refractivity contribution in [3.05, 3.63) is 40.1 Å². The third-order valence-corrected chi connectivity index (χ3v) is 9.99. The fraction of sp³-hybridized carbons (Fsp3) is 0.318. The van der Waals surface area contributed by atoms with Gasteiger partial charge in [0, 0.05) is 44.0 Å². The van der Waals surface area contributed by atoms with Gasteiger partial charge in [0.1, 0.15) is 36.1 Å². The number of anilines is 1. The Hall–Kier alpha value is -3.39. The van der Waals surface area contributed by atoms with Crippen molar-refractivity contribution >= 4 is 81.7 Å². The summed E-state index contributed by atoms with van der Waals surface area (Å²) in [7, 11) is 0. The van der Waals surface area contributed by atoms with Gasteiger partial charge in [0.25, 0.3) is 11.8 Å². The molecule has 3 atom stereocenters. The molecule has 218 valence electrons. The highest BCUT2D eigenvalue weighted by Gasteiger charge is 2.54. The number of carboxylic acids is 1. The standard InChI is InChI=1S/C22H23FN8O6S4/c23-2-4-37-30-15(10-6-40-22(25)28-10)18(33)29-16-19(34)31-17(21(35)36)13(7-39-20(16)31)41-11-1-3-26-5-12(11)38-8-14(24)27-9-32/h1,3,5-6,9,14,16,20H,2,4,7-8,24H2,(H2,25,28)(H,27,32)(H,29,33)(H,35,36)/b30-15-/t14?,16-,20+/m1/s1. The molecule has 14 nitrogen and oxygen atoms in total. The largest absolute Gasteiger partial charge is 0.477 e. The van der Waals surface area contributed by atoms with Crippen LogP contribution in [0.3, 0.4) is 0 Å². The second kappa shape index (κ2) is 14.0. The quantitative estimate of drug-likeness (QED) is 0.0360. The summed E-state index contributed by atoms with van der Waals surface area (Å²) in [4.78, 5) is 65.0. The number of halogens is 1. The highest BCUT2D eigenvalue weighted by Crippen LogP contribution is 2.46. The van der Waals surface area contributed by atoms with E-state index in [-0.39, 0.29) is 28.0 Å². The topological polar surface area (TPSA) is 215 Å². The number of nitrogens with zero attached hydrogens (tertiary/aromatic N) is 4. The maximum Gasteiger partial charge on any atom is 0.353 e. The van der Waals surface area contributed by atoms with Crippen LogP contribution in [0.15, 0.2) is 49.4 Å². The number of nitrogens with one attached hydrogen (secondary N) is 2. The third-order valence-electron chi connectivity index (χ3n) is 5.41. The van der Waals surface area contributed by atoms with E-state index in [1.165, 1.54) is 40.7 Å². The Labute approximate surface area is 248 Å². The van der Waals surface area contributed by atoms with Crippen molar-refractivity contribution in [2.75, 3.05) is 30.5 Å². The summed E-state index contributed by atoms with van der Waals surface area (Å²) in [5, 5.41) is 19.7. The molecule has 3 amide bonds. The molecule has 41 heavy (non-hydrogen) atoms. The first kappa shape index (κ1) is 30.6. The number of hydrogen-bond donors (Lipinski definition) is 5. The number of alkyl halides is 1.